The Hall–Kier alpha value is -3.53. The van der Waals surface area contributed by atoms with Gasteiger partial charge in [0.05, 0.1) is 22.3 Å². The Labute approximate surface area is 185 Å². The minimum Gasteiger partial charge on any atom is -0.362 e. The van der Waals surface area contributed by atoms with E-state index >= 15 is 0 Å². The number of hydrogen-bond donors (Lipinski definition) is 1. The van der Waals surface area contributed by atoms with Crippen LogP contribution in [0, 0.1) is 12.7 Å². The maximum atomic E-state index is 14.1. The molecule has 1 saturated heterocycles. The number of nitrogens with one attached hydrogen (secondary N) is 1. The Morgan fingerprint density at radius 2 is 1.88 bits per heavy atom. The molecular formula is C22H22FN5O3S. The summed E-state index contributed by atoms with van der Waals surface area (Å²) < 4.78 is 44.5. The van der Waals surface area contributed by atoms with Crippen molar-refractivity contribution >= 4 is 27.5 Å². The van der Waals surface area contributed by atoms with Gasteiger partial charge in [0.1, 0.15) is 17.3 Å². The van der Waals surface area contributed by atoms with Gasteiger partial charge >= 0.3 is 0 Å². The molecule has 166 valence electrons. The predicted octanol–water partition coefficient (Wildman–Crippen LogP) is 3.38. The Kier molecular flexibility index (Phi) is 5.79. The van der Waals surface area contributed by atoms with Crippen LogP contribution in [0.1, 0.15) is 28.9 Å². The number of aromatic nitrogens is 2. The summed E-state index contributed by atoms with van der Waals surface area (Å²) in [6.07, 6.45) is 2.87. The summed E-state index contributed by atoms with van der Waals surface area (Å²) >= 11 is 0. The number of para-hydroxylation sites is 1. The van der Waals surface area contributed by atoms with Crippen molar-refractivity contribution in [2.45, 2.75) is 24.7 Å². The lowest BCUT2D eigenvalue weighted by Crippen LogP contribution is -2.20. The SMILES string of the molecule is Cc1c(C(=O)Nc2ccc(S(=O)(=O)/N=C3\CCCN3C)cc2)cnn1-c1ccccc1F. The first-order valence-corrected chi connectivity index (χ1v) is 11.5. The number of amidine groups is 1. The van der Waals surface area contributed by atoms with Crippen LogP contribution in [0.15, 0.2) is 64.0 Å². The second kappa shape index (κ2) is 8.54. The average Bonchev–Trinajstić information content (AvgIpc) is 3.34. The molecule has 0 unspecified atom stereocenters. The second-order valence-corrected chi connectivity index (χ2v) is 9.10. The number of rotatable bonds is 5. The highest BCUT2D eigenvalue weighted by Crippen LogP contribution is 2.21. The minimum absolute atomic E-state index is 0.0480. The number of carbonyl (C=O) groups is 1. The predicted molar refractivity (Wildman–Crippen MR) is 119 cm³/mol. The monoisotopic (exact) mass is 455 g/mol. The fourth-order valence-corrected chi connectivity index (χ4v) is 4.60. The maximum absolute atomic E-state index is 14.1. The Morgan fingerprint density at radius 1 is 1.16 bits per heavy atom. The highest BCUT2D eigenvalue weighted by molar-refractivity contribution is 7.90. The lowest BCUT2D eigenvalue weighted by atomic mass is 10.2. The highest BCUT2D eigenvalue weighted by Gasteiger charge is 2.21. The molecule has 1 fully saturated rings. The third-order valence-corrected chi connectivity index (χ3v) is 6.62. The van der Waals surface area contributed by atoms with Crippen molar-refractivity contribution in [2.75, 3.05) is 18.9 Å². The molecule has 4 rings (SSSR count). The van der Waals surface area contributed by atoms with Crippen LogP contribution in [0.2, 0.25) is 0 Å². The highest BCUT2D eigenvalue weighted by atomic mass is 32.2. The van der Waals surface area contributed by atoms with Gasteiger partial charge in [-0.15, -0.1) is 4.40 Å². The molecule has 2 heterocycles. The van der Waals surface area contributed by atoms with Gasteiger partial charge in [0.2, 0.25) is 0 Å². The van der Waals surface area contributed by atoms with Crippen LogP contribution in [0.25, 0.3) is 5.69 Å². The van der Waals surface area contributed by atoms with E-state index in [1.54, 1.807) is 25.1 Å². The first-order chi connectivity index (χ1) is 15.3. The molecule has 2 aromatic carbocycles. The van der Waals surface area contributed by atoms with E-state index in [1.807, 2.05) is 11.9 Å². The number of halogens is 1. The van der Waals surface area contributed by atoms with E-state index in [4.69, 9.17) is 0 Å². The van der Waals surface area contributed by atoms with Crippen LogP contribution in [0.5, 0.6) is 0 Å². The lowest BCUT2D eigenvalue weighted by molar-refractivity contribution is 0.102. The molecule has 0 spiro atoms. The number of carbonyl (C=O) groups excluding carboxylic acids is 1. The topological polar surface area (TPSA) is 96.7 Å². The van der Waals surface area contributed by atoms with Crippen LogP contribution in [0.3, 0.4) is 0 Å². The van der Waals surface area contributed by atoms with Gasteiger partial charge in [-0.1, -0.05) is 12.1 Å². The number of sulfonamides is 1. The molecule has 0 atom stereocenters. The number of nitrogens with zero attached hydrogens (tertiary/aromatic N) is 4. The molecule has 1 aliphatic rings. The van der Waals surface area contributed by atoms with Crippen LogP contribution >= 0.6 is 0 Å². The van der Waals surface area contributed by atoms with Gasteiger partial charge in [0, 0.05) is 25.7 Å². The molecule has 1 aliphatic heterocycles. The number of amides is 1. The fourth-order valence-electron chi connectivity index (χ4n) is 3.51. The second-order valence-electron chi connectivity index (χ2n) is 7.49. The largest absolute Gasteiger partial charge is 0.362 e. The standard InChI is InChI=1S/C22H22FN5O3S/c1-15-18(14-24-28(15)20-7-4-3-6-19(20)23)22(29)25-16-9-11-17(12-10-16)32(30,31)26-21-8-5-13-27(21)2/h3-4,6-7,9-12,14H,5,8,13H2,1-2H3,(H,25,29)/b26-21+. The summed E-state index contributed by atoms with van der Waals surface area (Å²) in [4.78, 5) is 14.6. The summed E-state index contributed by atoms with van der Waals surface area (Å²) in [5, 5.41) is 6.84. The van der Waals surface area contributed by atoms with E-state index in [2.05, 4.69) is 14.8 Å². The maximum Gasteiger partial charge on any atom is 0.283 e. The Morgan fingerprint density at radius 3 is 2.53 bits per heavy atom. The van der Waals surface area contributed by atoms with Crippen molar-refractivity contribution in [1.82, 2.24) is 14.7 Å². The van der Waals surface area contributed by atoms with Crippen LogP contribution in [-0.4, -0.2) is 48.4 Å². The summed E-state index contributed by atoms with van der Waals surface area (Å²) in [6.45, 7) is 2.45. The van der Waals surface area contributed by atoms with Crippen LogP contribution in [-0.2, 0) is 10.0 Å². The minimum atomic E-state index is -3.83. The van der Waals surface area contributed by atoms with Crippen LogP contribution < -0.4 is 5.32 Å². The molecule has 1 N–H and O–H groups in total. The first kappa shape index (κ1) is 21.7. The normalized spacial score (nSPS) is 15.3. The fraction of sp³-hybridized carbons (Fsp3) is 0.227. The van der Waals surface area contributed by atoms with E-state index in [0.717, 1.165) is 13.0 Å². The molecule has 32 heavy (non-hydrogen) atoms. The van der Waals surface area contributed by atoms with Gasteiger partial charge in [-0.3, -0.25) is 4.79 Å². The number of anilines is 1. The van der Waals surface area contributed by atoms with E-state index in [0.29, 0.717) is 23.6 Å². The number of hydrogen-bond acceptors (Lipinski definition) is 4. The zero-order chi connectivity index (χ0) is 22.9. The van der Waals surface area contributed by atoms with Crippen molar-refractivity contribution in [3.8, 4) is 5.69 Å². The molecule has 0 radical (unpaired) electrons. The Bertz CT molecular complexity index is 1300. The molecule has 3 aromatic rings. The van der Waals surface area contributed by atoms with E-state index < -0.39 is 21.7 Å². The van der Waals surface area contributed by atoms with Gasteiger partial charge < -0.3 is 10.2 Å². The lowest BCUT2D eigenvalue weighted by Gasteiger charge is -2.11. The summed E-state index contributed by atoms with van der Waals surface area (Å²) in [5.41, 5.74) is 1.41. The van der Waals surface area contributed by atoms with Gasteiger partial charge in [-0.25, -0.2) is 9.07 Å². The molecular weight excluding hydrogens is 433 g/mol. The van der Waals surface area contributed by atoms with Crippen molar-refractivity contribution in [2.24, 2.45) is 4.40 Å². The van der Waals surface area contributed by atoms with Crippen molar-refractivity contribution in [3.05, 3.63) is 71.8 Å². The zero-order valence-corrected chi connectivity index (χ0v) is 18.4. The van der Waals surface area contributed by atoms with Crippen molar-refractivity contribution in [1.29, 1.82) is 0 Å². The van der Waals surface area contributed by atoms with Gasteiger partial charge in [0.15, 0.2) is 0 Å². The van der Waals surface area contributed by atoms with Gasteiger partial charge in [-0.2, -0.15) is 13.5 Å². The van der Waals surface area contributed by atoms with E-state index in [1.165, 1.54) is 41.2 Å². The zero-order valence-electron chi connectivity index (χ0n) is 17.6. The van der Waals surface area contributed by atoms with Crippen molar-refractivity contribution < 1.29 is 17.6 Å². The molecule has 8 nitrogen and oxygen atoms in total. The summed E-state index contributed by atoms with van der Waals surface area (Å²) in [6, 6.07) is 12.0. The molecule has 0 saturated carbocycles. The Balaban J connectivity index is 1.51. The smallest absolute Gasteiger partial charge is 0.283 e. The van der Waals surface area contributed by atoms with Crippen molar-refractivity contribution in [3.63, 3.8) is 0 Å². The third-order valence-electron chi connectivity index (χ3n) is 5.31. The molecule has 1 amide bonds. The molecule has 1 aromatic heterocycles. The van der Waals surface area contributed by atoms with E-state index in [9.17, 15) is 17.6 Å². The van der Waals surface area contributed by atoms with Gasteiger partial charge in [0.25, 0.3) is 15.9 Å². The van der Waals surface area contributed by atoms with E-state index in [-0.39, 0.29) is 16.1 Å². The third kappa shape index (κ3) is 4.26. The average molecular weight is 456 g/mol. The quantitative estimate of drug-likeness (QED) is 0.636. The number of benzene rings is 2. The first-order valence-electron chi connectivity index (χ1n) is 10.0. The summed E-state index contributed by atoms with van der Waals surface area (Å²) in [7, 11) is -2.01. The molecule has 0 aliphatic carbocycles. The number of likely N-dealkylation sites (tertiary alicyclic amines) is 1. The molecule has 0 bridgehead atoms. The summed E-state index contributed by atoms with van der Waals surface area (Å²) in [5.74, 6) is -0.340. The van der Waals surface area contributed by atoms with Crippen LogP contribution in [0.4, 0.5) is 10.1 Å². The van der Waals surface area contributed by atoms with Gasteiger partial charge in [-0.05, 0) is 49.7 Å². The molecule has 10 heteroatoms.